The molecule has 2 heterocycles. The maximum Gasteiger partial charge on any atom is 0.241 e. The predicted molar refractivity (Wildman–Crippen MR) is 68.0 cm³/mol. The molecule has 92 valence electrons. The van der Waals surface area contributed by atoms with E-state index in [0.717, 1.165) is 23.6 Å². The molecular formula is C14H14N2O2. The van der Waals surface area contributed by atoms with Crippen LogP contribution in [0.2, 0.25) is 0 Å². The van der Waals surface area contributed by atoms with Crippen LogP contribution in [0.5, 0.6) is 0 Å². The van der Waals surface area contributed by atoms with Gasteiger partial charge in [-0.25, -0.2) is 0 Å². The molecule has 1 aliphatic heterocycles. The van der Waals surface area contributed by atoms with E-state index in [2.05, 4.69) is 5.32 Å². The Morgan fingerprint density at radius 1 is 1.17 bits per heavy atom. The standard InChI is InChI=1S/C14H14N2O2/c17-14-9-15-8-11-4-1-2-6-13(11)16(14)10-12-5-3-7-18-12/h1-7,15H,8-10H2. The topological polar surface area (TPSA) is 45.5 Å². The Morgan fingerprint density at radius 2 is 2.06 bits per heavy atom. The van der Waals surface area contributed by atoms with Gasteiger partial charge in [-0.2, -0.15) is 0 Å². The lowest BCUT2D eigenvalue weighted by Gasteiger charge is -2.21. The van der Waals surface area contributed by atoms with E-state index in [1.54, 1.807) is 11.2 Å². The van der Waals surface area contributed by atoms with Gasteiger partial charge >= 0.3 is 0 Å². The van der Waals surface area contributed by atoms with Gasteiger partial charge in [0.25, 0.3) is 0 Å². The van der Waals surface area contributed by atoms with E-state index in [1.807, 2.05) is 36.4 Å². The van der Waals surface area contributed by atoms with Crippen molar-refractivity contribution in [2.24, 2.45) is 0 Å². The van der Waals surface area contributed by atoms with Crippen LogP contribution >= 0.6 is 0 Å². The third kappa shape index (κ3) is 2.02. The number of nitrogens with zero attached hydrogens (tertiary/aromatic N) is 1. The van der Waals surface area contributed by atoms with Gasteiger partial charge in [-0.15, -0.1) is 0 Å². The Morgan fingerprint density at radius 3 is 2.89 bits per heavy atom. The van der Waals surface area contributed by atoms with E-state index in [-0.39, 0.29) is 5.91 Å². The van der Waals surface area contributed by atoms with Crippen LogP contribution in [0.1, 0.15) is 11.3 Å². The summed E-state index contributed by atoms with van der Waals surface area (Å²) in [6, 6.07) is 11.7. The molecule has 0 spiro atoms. The molecule has 0 radical (unpaired) electrons. The van der Waals surface area contributed by atoms with Crippen molar-refractivity contribution in [3.8, 4) is 0 Å². The molecule has 4 nitrogen and oxygen atoms in total. The molecule has 1 aromatic heterocycles. The quantitative estimate of drug-likeness (QED) is 0.875. The lowest BCUT2D eigenvalue weighted by Crippen LogP contribution is -2.34. The summed E-state index contributed by atoms with van der Waals surface area (Å²) in [5.41, 5.74) is 2.10. The van der Waals surface area contributed by atoms with Crippen molar-refractivity contribution in [3.05, 3.63) is 54.0 Å². The first-order valence-corrected chi connectivity index (χ1v) is 5.96. The van der Waals surface area contributed by atoms with E-state index in [9.17, 15) is 4.79 Å². The Kier molecular flexibility index (Phi) is 2.86. The van der Waals surface area contributed by atoms with Gasteiger partial charge in [-0.05, 0) is 23.8 Å². The summed E-state index contributed by atoms with van der Waals surface area (Å²) in [6.07, 6.45) is 1.63. The van der Waals surface area contributed by atoms with Crippen molar-refractivity contribution in [2.75, 3.05) is 11.4 Å². The molecule has 1 aromatic carbocycles. The molecular weight excluding hydrogens is 228 g/mol. The minimum Gasteiger partial charge on any atom is -0.467 e. The number of hydrogen-bond acceptors (Lipinski definition) is 3. The zero-order chi connectivity index (χ0) is 12.4. The van der Waals surface area contributed by atoms with Gasteiger partial charge in [0.15, 0.2) is 0 Å². The maximum absolute atomic E-state index is 12.1. The number of furan rings is 1. The lowest BCUT2D eigenvalue weighted by molar-refractivity contribution is -0.117. The number of nitrogens with one attached hydrogen (secondary N) is 1. The predicted octanol–water partition coefficient (Wildman–Crippen LogP) is 1.92. The summed E-state index contributed by atoms with van der Waals surface area (Å²) < 4.78 is 5.33. The number of amides is 1. The van der Waals surface area contributed by atoms with Crippen LogP contribution in [0.15, 0.2) is 47.1 Å². The van der Waals surface area contributed by atoms with Crippen molar-refractivity contribution < 1.29 is 9.21 Å². The van der Waals surface area contributed by atoms with E-state index >= 15 is 0 Å². The summed E-state index contributed by atoms with van der Waals surface area (Å²) in [4.78, 5) is 13.9. The largest absolute Gasteiger partial charge is 0.467 e. The van der Waals surface area contributed by atoms with Crippen LogP contribution in [0.25, 0.3) is 0 Å². The van der Waals surface area contributed by atoms with Gasteiger partial charge in [0.2, 0.25) is 5.91 Å². The van der Waals surface area contributed by atoms with Crippen LogP contribution in [0.3, 0.4) is 0 Å². The molecule has 4 heteroatoms. The molecule has 0 saturated heterocycles. The maximum atomic E-state index is 12.1. The van der Waals surface area contributed by atoms with Crippen molar-refractivity contribution in [1.29, 1.82) is 0 Å². The average Bonchev–Trinajstić information content (AvgIpc) is 2.84. The number of benzene rings is 1. The summed E-state index contributed by atoms with van der Waals surface area (Å²) in [5, 5.41) is 3.14. The Balaban J connectivity index is 1.97. The second-order valence-corrected chi connectivity index (χ2v) is 4.29. The molecule has 0 fully saturated rings. The number of carbonyl (C=O) groups excluding carboxylic acids is 1. The van der Waals surface area contributed by atoms with Crippen molar-refractivity contribution in [1.82, 2.24) is 5.32 Å². The monoisotopic (exact) mass is 242 g/mol. The van der Waals surface area contributed by atoms with E-state index in [1.165, 1.54) is 0 Å². The molecule has 3 rings (SSSR count). The molecule has 0 aliphatic carbocycles. The van der Waals surface area contributed by atoms with Gasteiger partial charge < -0.3 is 14.6 Å². The second kappa shape index (κ2) is 4.66. The number of para-hydroxylation sites is 1. The molecule has 0 atom stereocenters. The van der Waals surface area contributed by atoms with Gasteiger partial charge in [0, 0.05) is 12.2 Å². The lowest BCUT2D eigenvalue weighted by atomic mass is 10.1. The fourth-order valence-electron chi connectivity index (χ4n) is 2.19. The Labute approximate surface area is 105 Å². The van der Waals surface area contributed by atoms with Crippen LogP contribution < -0.4 is 10.2 Å². The van der Waals surface area contributed by atoms with Gasteiger partial charge in [0.1, 0.15) is 5.76 Å². The first-order chi connectivity index (χ1) is 8.84. The van der Waals surface area contributed by atoms with Gasteiger partial charge in [-0.3, -0.25) is 4.79 Å². The molecule has 1 aliphatic rings. The SMILES string of the molecule is O=C1CNCc2ccccc2N1Cc1ccco1. The minimum atomic E-state index is 0.0661. The highest BCUT2D eigenvalue weighted by Gasteiger charge is 2.22. The fraction of sp³-hybridized carbons (Fsp3) is 0.214. The summed E-state index contributed by atoms with van der Waals surface area (Å²) >= 11 is 0. The zero-order valence-electron chi connectivity index (χ0n) is 9.93. The highest BCUT2D eigenvalue weighted by Crippen LogP contribution is 2.24. The molecule has 18 heavy (non-hydrogen) atoms. The van der Waals surface area contributed by atoms with E-state index < -0.39 is 0 Å². The summed E-state index contributed by atoms with van der Waals surface area (Å²) in [7, 11) is 0. The molecule has 1 amide bonds. The number of rotatable bonds is 2. The second-order valence-electron chi connectivity index (χ2n) is 4.29. The molecule has 2 aromatic rings. The summed E-state index contributed by atoms with van der Waals surface area (Å²) in [5.74, 6) is 0.858. The number of fused-ring (bicyclic) bond motifs is 1. The average molecular weight is 242 g/mol. The third-order valence-electron chi connectivity index (χ3n) is 3.07. The molecule has 0 unspecified atom stereocenters. The highest BCUT2D eigenvalue weighted by atomic mass is 16.3. The smallest absolute Gasteiger partial charge is 0.241 e. The Bertz CT molecular complexity index is 549. The van der Waals surface area contributed by atoms with Crippen molar-refractivity contribution >= 4 is 11.6 Å². The summed E-state index contributed by atoms with van der Waals surface area (Å²) in [6.45, 7) is 1.55. The minimum absolute atomic E-state index is 0.0661. The first-order valence-electron chi connectivity index (χ1n) is 5.96. The molecule has 0 saturated carbocycles. The van der Waals surface area contributed by atoms with Gasteiger partial charge in [-0.1, -0.05) is 18.2 Å². The first kappa shape index (κ1) is 11.0. The molecule has 0 bridgehead atoms. The normalized spacial score (nSPS) is 15.3. The van der Waals surface area contributed by atoms with Gasteiger partial charge in [0.05, 0.1) is 19.4 Å². The fourth-order valence-corrected chi connectivity index (χ4v) is 2.19. The number of anilines is 1. The van der Waals surface area contributed by atoms with Crippen LogP contribution in [-0.4, -0.2) is 12.5 Å². The van der Waals surface area contributed by atoms with E-state index in [0.29, 0.717) is 13.1 Å². The van der Waals surface area contributed by atoms with Crippen molar-refractivity contribution in [3.63, 3.8) is 0 Å². The van der Waals surface area contributed by atoms with Crippen LogP contribution in [0, 0.1) is 0 Å². The highest BCUT2D eigenvalue weighted by molar-refractivity contribution is 5.96. The number of carbonyl (C=O) groups is 1. The Hall–Kier alpha value is -2.07. The van der Waals surface area contributed by atoms with Crippen LogP contribution in [0.4, 0.5) is 5.69 Å². The van der Waals surface area contributed by atoms with E-state index in [4.69, 9.17) is 4.42 Å². The van der Waals surface area contributed by atoms with Crippen LogP contribution in [-0.2, 0) is 17.9 Å². The molecule has 1 N–H and O–H groups in total. The zero-order valence-corrected chi connectivity index (χ0v) is 9.93. The van der Waals surface area contributed by atoms with Crippen molar-refractivity contribution in [2.45, 2.75) is 13.1 Å². The number of hydrogen-bond donors (Lipinski definition) is 1. The third-order valence-corrected chi connectivity index (χ3v) is 3.07.